The molecule has 0 atom stereocenters. The van der Waals surface area contributed by atoms with Gasteiger partial charge in [-0.1, -0.05) is 27.2 Å². The number of hydrogen-bond donors (Lipinski definition) is 2. The summed E-state index contributed by atoms with van der Waals surface area (Å²) in [5, 5.41) is 9.34. The Hall–Kier alpha value is -0.640. The van der Waals surface area contributed by atoms with E-state index < -0.39 is 15.7 Å². The molecule has 1 aliphatic rings. The highest BCUT2D eigenvalue weighted by atomic mass is 32.2. The van der Waals surface area contributed by atoms with Crippen LogP contribution in [0.25, 0.3) is 0 Å². The summed E-state index contributed by atoms with van der Waals surface area (Å²) in [6.07, 6.45) is 4.13. The fraction of sp³-hybridized carbons (Fsp3) is 0.923. The topological polar surface area (TPSA) is 82.0 Å². The minimum atomic E-state index is -3.59. The monoisotopic (exact) mass is 287 g/mol. The van der Waals surface area contributed by atoms with Crippen LogP contribution in [0.15, 0.2) is 0 Å². The molecule has 6 heteroatoms. The summed E-state index contributed by atoms with van der Waals surface area (Å²) < 4.78 is 28.9. The van der Waals surface area contributed by atoms with Gasteiger partial charge in [-0.25, -0.2) is 4.72 Å². The van der Waals surface area contributed by atoms with Crippen molar-refractivity contribution in [3.8, 4) is 6.07 Å². The van der Waals surface area contributed by atoms with Crippen LogP contribution >= 0.6 is 0 Å². The summed E-state index contributed by atoms with van der Waals surface area (Å²) in [4.78, 5) is 0. The van der Waals surface area contributed by atoms with E-state index in [4.69, 9.17) is 0 Å². The Morgan fingerprint density at radius 2 is 1.95 bits per heavy atom. The fourth-order valence-corrected chi connectivity index (χ4v) is 3.77. The van der Waals surface area contributed by atoms with Crippen molar-refractivity contribution < 1.29 is 8.42 Å². The van der Waals surface area contributed by atoms with Crippen molar-refractivity contribution in [2.75, 3.05) is 6.54 Å². The Bertz CT molecular complexity index is 418. The van der Waals surface area contributed by atoms with E-state index in [0.717, 1.165) is 19.3 Å². The van der Waals surface area contributed by atoms with Crippen molar-refractivity contribution in [1.29, 1.82) is 5.26 Å². The SMILES string of the molecule is CCC1CCC(C#N)(NS(=O)(=O)NCC(C)C)CC1. The van der Waals surface area contributed by atoms with Crippen LogP contribution < -0.4 is 9.44 Å². The predicted octanol–water partition coefficient (Wildman–Crippen LogP) is 1.93. The van der Waals surface area contributed by atoms with Crippen molar-refractivity contribution in [2.45, 2.75) is 58.4 Å². The summed E-state index contributed by atoms with van der Waals surface area (Å²) in [6, 6.07) is 2.18. The quantitative estimate of drug-likeness (QED) is 0.783. The van der Waals surface area contributed by atoms with E-state index in [-0.39, 0.29) is 5.92 Å². The van der Waals surface area contributed by atoms with Gasteiger partial charge in [0.25, 0.3) is 10.2 Å². The Morgan fingerprint density at radius 1 is 1.37 bits per heavy atom. The molecule has 0 amide bonds. The van der Waals surface area contributed by atoms with Crippen LogP contribution in [0.3, 0.4) is 0 Å². The van der Waals surface area contributed by atoms with Gasteiger partial charge >= 0.3 is 0 Å². The minimum Gasteiger partial charge on any atom is -0.202 e. The zero-order valence-corrected chi connectivity index (χ0v) is 12.9. The molecule has 1 fully saturated rings. The zero-order valence-electron chi connectivity index (χ0n) is 12.1. The maximum absolute atomic E-state index is 11.9. The summed E-state index contributed by atoms with van der Waals surface area (Å²) in [5.41, 5.74) is -0.922. The summed E-state index contributed by atoms with van der Waals surface area (Å²) in [5.74, 6) is 0.861. The molecule has 1 aliphatic carbocycles. The molecule has 5 nitrogen and oxygen atoms in total. The van der Waals surface area contributed by atoms with E-state index in [1.165, 1.54) is 0 Å². The molecule has 0 radical (unpaired) electrons. The van der Waals surface area contributed by atoms with E-state index in [1.807, 2.05) is 13.8 Å². The molecule has 0 aromatic heterocycles. The van der Waals surface area contributed by atoms with Crippen LogP contribution in [0.5, 0.6) is 0 Å². The maximum atomic E-state index is 11.9. The smallest absolute Gasteiger partial charge is 0.202 e. The third kappa shape index (κ3) is 5.09. The van der Waals surface area contributed by atoms with Gasteiger partial charge in [-0.3, -0.25) is 0 Å². The van der Waals surface area contributed by atoms with E-state index in [9.17, 15) is 13.7 Å². The van der Waals surface area contributed by atoms with E-state index in [1.54, 1.807) is 0 Å². The lowest BCUT2D eigenvalue weighted by molar-refractivity contribution is 0.258. The normalized spacial score (nSPS) is 28.3. The highest BCUT2D eigenvalue weighted by Gasteiger charge is 2.38. The van der Waals surface area contributed by atoms with Gasteiger partial charge in [0.1, 0.15) is 5.54 Å². The molecule has 0 aromatic rings. The average molecular weight is 287 g/mol. The molecule has 0 heterocycles. The Balaban J connectivity index is 2.65. The summed E-state index contributed by atoms with van der Waals surface area (Å²) in [7, 11) is -3.59. The first-order valence-electron chi connectivity index (χ1n) is 7.02. The summed E-state index contributed by atoms with van der Waals surface area (Å²) >= 11 is 0. The van der Waals surface area contributed by atoms with E-state index >= 15 is 0 Å². The summed E-state index contributed by atoms with van der Waals surface area (Å²) in [6.45, 7) is 6.40. The minimum absolute atomic E-state index is 0.241. The average Bonchev–Trinajstić information content (AvgIpc) is 2.37. The largest absolute Gasteiger partial charge is 0.278 e. The Morgan fingerprint density at radius 3 is 2.37 bits per heavy atom. The van der Waals surface area contributed by atoms with Gasteiger partial charge in [-0.2, -0.15) is 18.4 Å². The molecule has 0 unspecified atom stereocenters. The van der Waals surface area contributed by atoms with Crippen molar-refractivity contribution >= 4 is 10.2 Å². The van der Waals surface area contributed by atoms with Crippen molar-refractivity contribution in [3.63, 3.8) is 0 Å². The molecule has 2 N–H and O–H groups in total. The molecular weight excluding hydrogens is 262 g/mol. The molecule has 1 saturated carbocycles. The number of rotatable bonds is 6. The second-order valence-electron chi connectivity index (χ2n) is 5.89. The lowest BCUT2D eigenvalue weighted by Crippen LogP contribution is -2.53. The fourth-order valence-electron chi connectivity index (χ4n) is 2.38. The first kappa shape index (κ1) is 16.4. The lowest BCUT2D eigenvalue weighted by Gasteiger charge is -2.34. The van der Waals surface area contributed by atoms with Crippen LogP contribution in [0, 0.1) is 23.2 Å². The number of nitrogens with one attached hydrogen (secondary N) is 2. The first-order valence-corrected chi connectivity index (χ1v) is 8.50. The molecule has 0 spiro atoms. The lowest BCUT2D eigenvalue weighted by atomic mass is 9.77. The van der Waals surface area contributed by atoms with Gasteiger partial charge in [0.2, 0.25) is 0 Å². The Kier molecular flexibility index (Phi) is 5.78. The molecule has 0 bridgehead atoms. The van der Waals surface area contributed by atoms with Gasteiger partial charge in [0, 0.05) is 6.54 Å². The van der Waals surface area contributed by atoms with Crippen LogP contribution in [-0.4, -0.2) is 20.5 Å². The molecular formula is C13H25N3O2S. The van der Waals surface area contributed by atoms with Gasteiger partial charge in [-0.15, -0.1) is 0 Å². The van der Waals surface area contributed by atoms with Crippen LogP contribution in [-0.2, 0) is 10.2 Å². The van der Waals surface area contributed by atoms with Crippen LogP contribution in [0.2, 0.25) is 0 Å². The van der Waals surface area contributed by atoms with Gasteiger partial charge in [0.05, 0.1) is 6.07 Å². The van der Waals surface area contributed by atoms with E-state index in [0.29, 0.717) is 25.3 Å². The van der Waals surface area contributed by atoms with Crippen molar-refractivity contribution in [3.05, 3.63) is 0 Å². The van der Waals surface area contributed by atoms with Gasteiger partial charge in [0.15, 0.2) is 0 Å². The molecule has 1 rings (SSSR count). The number of hydrogen-bond acceptors (Lipinski definition) is 3. The molecule has 19 heavy (non-hydrogen) atoms. The molecule has 0 aliphatic heterocycles. The highest BCUT2D eigenvalue weighted by Crippen LogP contribution is 2.33. The number of nitriles is 1. The zero-order chi connectivity index (χ0) is 14.5. The second-order valence-corrected chi connectivity index (χ2v) is 7.39. The van der Waals surface area contributed by atoms with E-state index in [2.05, 4.69) is 22.4 Å². The Labute approximate surface area is 117 Å². The highest BCUT2D eigenvalue weighted by molar-refractivity contribution is 7.87. The number of nitrogens with zero attached hydrogens (tertiary/aromatic N) is 1. The van der Waals surface area contributed by atoms with Crippen LogP contribution in [0.1, 0.15) is 52.9 Å². The van der Waals surface area contributed by atoms with Gasteiger partial charge < -0.3 is 0 Å². The van der Waals surface area contributed by atoms with Crippen molar-refractivity contribution in [1.82, 2.24) is 9.44 Å². The third-order valence-corrected chi connectivity index (χ3v) is 4.97. The molecule has 0 aromatic carbocycles. The second kappa shape index (κ2) is 6.69. The predicted molar refractivity (Wildman–Crippen MR) is 75.5 cm³/mol. The molecule has 0 saturated heterocycles. The van der Waals surface area contributed by atoms with Crippen molar-refractivity contribution in [2.24, 2.45) is 11.8 Å². The third-order valence-electron chi connectivity index (χ3n) is 3.76. The first-order chi connectivity index (χ1) is 8.82. The maximum Gasteiger partial charge on any atom is 0.278 e. The molecule has 110 valence electrons. The van der Waals surface area contributed by atoms with Crippen LogP contribution in [0.4, 0.5) is 0 Å². The standard InChI is InChI=1S/C13H25N3O2S/c1-4-12-5-7-13(10-14,8-6-12)16-19(17,18)15-9-11(2)3/h11-12,15-16H,4-9H2,1-3H3. The van der Waals surface area contributed by atoms with Gasteiger partial charge in [-0.05, 0) is 37.5 Å².